The highest BCUT2D eigenvalue weighted by Crippen LogP contribution is 2.64. The Morgan fingerprint density at radius 1 is 1.17 bits per heavy atom. The van der Waals surface area contributed by atoms with Gasteiger partial charge in [0.1, 0.15) is 11.6 Å². The number of nitrogens with zero attached hydrogens (tertiary/aromatic N) is 1. The van der Waals surface area contributed by atoms with Crippen molar-refractivity contribution in [2.75, 3.05) is 6.61 Å². The molecule has 4 rings (SSSR count). The fraction of sp³-hybridized carbons (Fsp3) is 0.667. The molecule has 8 nitrogen and oxygen atoms in total. The lowest BCUT2D eigenvalue weighted by Crippen LogP contribution is -2.58. The van der Waals surface area contributed by atoms with Crippen molar-refractivity contribution < 1.29 is 24.2 Å². The SMILES string of the molecule is CCCC(C)NC(=O)C1N([C@H](C)CO)C(=O)[C@@H]2[C@H](C(=O)NCc3ccccc3)[C@]3(CC)CCC12O3. The standard InChI is InChI=1S/C27H39N3O5/c1-5-10-17(3)29-24(33)22-27-14-13-26(6-2,35-27)20(21(27)25(34)30(22)18(4)16-31)23(32)28-15-19-11-8-7-9-12-19/h7-9,11-12,17-18,20-22,31H,5-6,10,13-16H2,1-4H3,(H,28,32)(H,29,33)/t17?,18-,20-,21+,22?,26+,27?/m1/s1. The van der Waals surface area contributed by atoms with E-state index in [1.807, 2.05) is 44.2 Å². The molecule has 1 aromatic carbocycles. The molecule has 3 aliphatic heterocycles. The number of hydrogen-bond donors (Lipinski definition) is 3. The summed E-state index contributed by atoms with van der Waals surface area (Å²) in [5.41, 5.74) is -0.870. The van der Waals surface area contributed by atoms with Crippen LogP contribution in [-0.4, -0.2) is 63.7 Å². The molecule has 3 saturated heterocycles. The summed E-state index contributed by atoms with van der Waals surface area (Å²) < 4.78 is 6.71. The number of ether oxygens (including phenoxy) is 1. The number of carbonyl (C=O) groups is 3. The third kappa shape index (κ3) is 4.14. The molecule has 0 saturated carbocycles. The summed E-state index contributed by atoms with van der Waals surface area (Å²) in [5.74, 6) is -2.19. The number of hydrogen-bond acceptors (Lipinski definition) is 5. The van der Waals surface area contributed by atoms with Crippen LogP contribution in [0.2, 0.25) is 0 Å². The fourth-order valence-electron chi connectivity index (χ4n) is 6.64. The highest BCUT2D eigenvalue weighted by Gasteiger charge is 2.78. The predicted molar refractivity (Wildman–Crippen MR) is 131 cm³/mol. The second kappa shape index (κ2) is 9.90. The van der Waals surface area contributed by atoms with Gasteiger partial charge in [-0.3, -0.25) is 14.4 Å². The molecular weight excluding hydrogens is 446 g/mol. The molecule has 7 atom stereocenters. The maximum absolute atomic E-state index is 13.9. The summed E-state index contributed by atoms with van der Waals surface area (Å²) in [6.45, 7) is 7.81. The van der Waals surface area contributed by atoms with Crippen LogP contribution in [-0.2, 0) is 25.7 Å². The van der Waals surface area contributed by atoms with Crippen LogP contribution in [0, 0.1) is 11.8 Å². The first-order valence-electron chi connectivity index (χ1n) is 13.0. The van der Waals surface area contributed by atoms with Crippen LogP contribution in [0.1, 0.15) is 65.4 Å². The minimum absolute atomic E-state index is 0.0481. The van der Waals surface area contributed by atoms with Gasteiger partial charge in [-0.15, -0.1) is 0 Å². The summed E-state index contributed by atoms with van der Waals surface area (Å²) in [6.07, 6.45) is 3.48. The number of nitrogens with one attached hydrogen (secondary N) is 2. The molecule has 1 spiro atoms. The molecule has 3 N–H and O–H groups in total. The average Bonchev–Trinajstić information content (AvgIpc) is 3.46. The zero-order valence-corrected chi connectivity index (χ0v) is 21.3. The molecule has 3 unspecified atom stereocenters. The van der Waals surface area contributed by atoms with E-state index in [-0.39, 0.29) is 30.4 Å². The number of fused-ring (bicyclic) bond motifs is 1. The van der Waals surface area contributed by atoms with Crippen molar-refractivity contribution in [2.24, 2.45) is 11.8 Å². The second-order valence-electron chi connectivity index (χ2n) is 10.5. The van der Waals surface area contributed by atoms with E-state index >= 15 is 0 Å². The average molecular weight is 486 g/mol. The van der Waals surface area contributed by atoms with Crippen molar-refractivity contribution in [3.63, 3.8) is 0 Å². The summed E-state index contributed by atoms with van der Waals surface area (Å²) in [5, 5.41) is 16.0. The van der Waals surface area contributed by atoms with Crippen LogP contribution < -0.4 is 10.6 Å². The highest BCUT2D eigenvalue weighted by atomic mass is 16.5. The van der Waals surface area contributed by atoms with Gasteiger partial charge in [0.15, 0.2) is 0 Å². The number of aliphatic hydroxyl groups is 1. The first-order chi connectivity index (χ1) is 16.7. The third-order valence-electron chi connectivity index (χ3n) is 8.31. The van der Waals surface area contributed by atoms with Crippen molar-refractivity contribution in [1.29, 1.82) is 0 Å². The molecule has 8 heteroatoms. The molecular formula is C27H39N3O5. The van der Waals surface area contributed by atoms with Gasteiger partial charge in [0.2, 0.25) is 17.7 Å². The number of likely N-dealkylation sites (tertiary alicyclic amines) is 1. The number of carbonyl (C=O) groups excluding carboxylic acids is 3. The molecule has 0 aliphatic carbocycles. The van der Waals surface area contributed by atoms with Crippen molar-refractivity contribution in [2.45, 2.75) is 95.7 Å². The van der Waals surface area contributed by atoms with Crippen LogP contribution in [0.4, 0.5) is 0 Å². The molecule has 2 bridgehead atoms. The molecule has 3 amide bonds. The molecule has 1 aromatic rings. The minimum atomic E-state index is -1.07. The highest BCUT2D eigenvalue weighted by molar-refractivity contribution is 5.99. The number of benzene rings is 1. The number of rotatable bonds is 10. The molecule has 3 heterocycles. The van der Waals surface area contributed by atoms with Gasteiger partial charge in [-0.1, -0.05) is 50.6 Å². The lowest BCUT2D eigenvalue weighted by atomic mass is 9.65. The number of aliphatic hydroxyl groups excluding tert-OH is 1. The lowest BCUT2D eigenvalue weighted by Gasteiger charge is -2.36. The Morgan fingerprint density at radius 3 is 2.51 bits per heavy atom. The van der Waals surface area contributed by atoms with E-state index < -0.39 is 35.1 Å². The van der Waals surface area contributed by atoms with E-state index in [0.29, 0.717) is 25.8 Å². The third-order valence-corrected chi connectivity index (χ3v) is 8.31. The van der Waals surface area contributed by atoms with E-state index in [9.17, 15) is 19.5 Å². The Bertz CT molecular complexity index is 955. The van der Waals surface area contributed by atoms with Crippen molar-refractivity contribution >= 4 is 17.7 Å². The van der Waals surface area contributed by atoms with Crippen molar-refractivity contribution in [3.05, 3.63) is 35.9 Å². The Balaban J connectivity index is 1.67. The maximum Gasteiger partial charge on any atom is 0.246 e. The quantitative estimate of drug-likeness (QED) is 0.471. The molecule has 35 heavy (non-hydrogen) atoms. The zero-order valence-electron chi connectivity index (χ0n) is 21.3. The van der Waals surface area contributed by atoms with Crippen LogP contribution in [0.5, 0.6) is 0 Å². The normalized spacial score (nSPS) is 32.9. The van der Waals surface area contributed by atoms with E-state index in [1.165, 1.54) is 4.90 Å². The van der Waals surface area contributed by atoms with Crippen LogP contribution in [0.25, 0.3) is 0 Å². The van der Waals surface area contributed by atoms with Gasteiger partial charge in [0.25, 0.3) is 0 Å². The molecule has 0 aromatic heterocycles. The van der Waals surface area contributed by atoms with Crippen LogP contribution >= 0.6 is 0 Å². The Morgan fingerprint density at radius 2 is 1.89 bits per heavy atom. The van der Waals surface area contributed by atoms with Gasteiger partial charge in [-0.2, -0.15) is 0 Å². The van der Waals surface area contributed by atoms with E-state index in [1.54, 1.807) is 6.92 Å². The van der Waals surface area contributed by atoms with Gasteiger partial charge in [0.05, 0.1) is 30.1 Å². The zero-order chi connectivity index (χ0) is 25.4. The fourth-order valence-corrected chi connectivity index (χ4v) is 6.64. The smallest absolute Gasteiger partial charge is 0.246 e. The van der Waals surface area contributed by atoms with E-state index in [0.717, 1.165) is 18.4 Å². The molecule has 0 radical (unpaired) electrons. The van der Waals surface area contributed by atoms with Gasteiger partial charge in [-0.25, -0.2) is 0 Å². The first kappa shape index (κ1) is 25.6. The van der Waals surface area contributed by atoms with Crippen LogP contribution in [0.3, 0.4) is 0 Å². The Labute approximate surface area is 207 Å². The number of amides is 3. The van der Waals surface area contributed by atoms with Gasteiger partial charge >= 0.3 is 0 Å². The molecule has 3 fully saturated rings. The molecule has 3 aliphatic rings. The van der Waals surface area contributed by atoms with Gasteiger partial charge in [-0.05, 0) is 45.1 Å². The summed E-state index contributed by atoms with van der Waals surface area (Å²) in [4.78, 5) is 42.7. The summed E-state index contributed by atoms with van der Waals surface area (Å²) in [7, 11) is 0. The first-order valence-corrected chi connectivity index (χ1v) is 13.0. The Kier molecular flexibility index (Phi) is 7.25. The maximum atomic E-state index is 13.9. The lowest BCUT2D eigenvalue weighted by molar-refractivity contribution is -0.150. The monoisotopic (exact) mass is 485 g/mol. The summed E-state index contributed by atoms with van der Waals surface area (Å²) >= 11 is 0. The second-order valence-corrected chi connectivity index (χ2v) is 10.5. The largest absolute Gasteiger partial charge is 0.394 e. The van der Waals surface area contributed by atoms with E-state index in [2.05, 4.69) is 17.6 Å². The van der Waals surface area contributed by atoms with Crippen molar-refractivity contribution in [1.82, 2.24) is 15.5 Å². The van der Waals surface area contributed by atoms with Crippen LogP contribution in [0.15, 0.2) is 30.3 Å². The topological polar surface area (TPSA) is 108 Å². The van der Waals surface area contributed by atoms with Gasteiger partial charge in [0, 0.05) is 12.6 Å². The summed E-state index contributed by atoms with van der Waals surface area (Å²) in [6, 6.07) is 8.16. The predicted octanol–water partition coefficient (Wildman–Crippen LogP) is 2.14. The Hall–Kier alpha value is -2.45. The minimum Gasteiger partial charge on any atom is -0.394 e. The van der Waals surface area contributed by atoms with E-state index in [4.69, 9.17) is 4.74 Å². The molecule has 192 valence electrons. The van der Waals surface area contributed by atoms with Gasteiger partial charge < -0.3 is 25.4 Å². The van der Waals surface area contributed by atoms with Crippen molar-refractivity contribution in [3.8, 4) is 0 Å².